The molecule has 0 radical (unpaired) electrons. The van der Waals surface area contributed by atoms with Gasteiger partial charge in [-0.3, -0.25) is 0 Å². The van der Waals surface area contributed by atoms with Crippen molar-refractivity contribution in [1.82, 2.24) is 0 Å². The lowest BCUT2D eigenvalue weighted by Crippen LogP contribution is -2.35. The quantitative estimate of drug-likeness (QED) is 0.258. The smallest absolute Gasteiger partial charge is 0.338 e. The second-order valence-electron chi connectivity index (χ2n) is 8.60. The maximum Gasteiger partial charge on any atom is 0.338 e. The summed E-state index contributed by atoms with van der Waals surface area (Å²) in [6, 6.07) is 16.1. The zero-order valence-corrected chi connectivity index (χ0v) is 19.2. The first-order chi connectivity index (χ1) is 14.0. The Kier molecular flexibility index (Phi) is 7.71. The fraction of sp³-hybridized carbons (Fsp3) is 0.423. The Morgan fingerprint density at radius 3 is 2.17 bits per heavy atom. The number of halogens is 1. The first-order valence-electron chi connectivity index (χ1n) is 10.6. The summed E-state index contributed by atoms with van der Waals surface area (Å²) in [5.41, 5.74) is 4.11. The van der Waals surface area contributed by atoms with E-state index in [-0.39, 0.29) is 12.1 Å². The lowest BCUT2D eigenvalue weighted by molar-refractivity contribution is -0.0174. The van der Waals surface area contributed by atoms with E-state index in [4.69, 9.17) is 4.74 Å². The number of rotatable bonds is 6. The number of ether oxygens (including phenoxy) is 1. The average molecular weight is 455 g/mol. The molecule has 0 unspecified atom stereocenters. The second kappa shape index (κ2) is 10.2. The summed E-state index contributed by atoms with van der Waals surface area (Å²) >= 11 is 3.46. The van der Waals surface area contributed by atoms with E-state index in [0.29, 0.717) is 23.3 Å². The van der Waals surface area contributed by atoms with Gasteiger partial charge in [0.15, 0.2) is 0 Å². The van der Waals surface area contributed by atoms with Crippen LogP contribution < -0.4 is 0 Å². The van der Waals surface area contributed by atoms with Crippen LogP contribution in [0, 0.1) is 17.8 Å². The molecule has 1 aliphatic rings. The van der Waals surface area contributed by atoms with Gasteiger partial charge in [0.25, 0.3) is 0 Å². The summed E-state index contributed by atoms with van der Waals surface area (Å²) in [7, 11) is 0. The molecule has 1 fully saturated rings. The molecule has 0 bridgehead atoms. The van der Waals surface area contributed by atoms with Crippen LogP contribution in [0.4, 0.5) is 0 Å². The SMILES string of the molecule is CC(C)[C@H]1CC[C@H](C)C[C@@H]1OC(=O)c1ccc(/C=C/c2ccc(CBr)cc2)cc1. The van der Waals surface area contributed by atoms with Crippen molar-refractivity contribution in [2.45, 2.75) is 51.5 Å². The molecule has 0 spiro atoms. The average Bonchev–Trinajstić information content (AvgIpc) is 2.72. The number of alkyl halides is 1. The Morgan fingerprint density at radius 2 is 1.62 bits per heavy atom. The fourth-order valence-electron chi connectivity index (χ4n) is 4.10. The standard InChI is InChI=1S/C26H31BrO2/c1-18(2)24-15-4-19(3)16-25(24)29-26(28)23-13-11-21(12-14-23)6-5-20-7-9-22(17-27)10-8-20/h5-14,18-19,24-25H,4,15-17H2,1-3H3/b6-5+/t19-,24+,25-/m0/s1. The molecule has 29 heavy (non-hydrogen) atoms. The minimum atomic E-state index is -0.198. The molecule has 1 aliphatic carbocycles. The number of carbonyl (C=O) groups is 1. The molecular weight excluding hydrogens is 424 g/mol. The highest BCUT2D eigenvalue weighted by Gasteiger charge is 2.33. The molecule has 0 aromatic heterocycles. The molecule has 0 heterocycles. The van der Waals surface area contributed by atoms with Crippen molar-refractivity contribution in [1.29, 1.82) is 0 Å². The number of carbonyl (C=O) groups excluding carboxylic acids is 1. The first kappa shape index (κ1) is 21.8. The number of hydrogen-bond acceptors (Lipinski definition) is 2. The summed E-state index contributed by atoms with van der Waals surface area (Å²) in [6.07, 6.45) is 7.54. The third-order valence-corrected chi connectivity index (χ3v) is 6.62. The predicted molar refractivity (Wildman–Crippen MR) is 125 cm³/mol. The summed E-state index contributed by atoms with van der Waals surface area (Å²) < 4.78 is 5.95. The van der Waals surface area contributed by atoms with E-state index in [0.717, 1.165) is 29.3 Å². The molecule has 1 saturated carbocycles. The van der Waals surface area contributed by atoms with Crippen molar-refractivity contribution >= 4 is 34.1 Å². The fourth-order valence-corrected chi connectivity index (χ4v) is 4.47. The van der Waals surface area contributed by atoms with Crippen LogP contribution in [-0.4, -0.2) is 12.1 Å². The van der Waals surface area contributed by atoms with Crippen LogP contribution in [0.2, 0.25) is 0 Å². The van der Waals surface area contributed by atoms with E-state index >= 15 is 0 Å². The van der Waals surface area contributed by atoms with Crippen molar-refractivity contribution < 1.29 is 9.53 Å². The normalized spacial score (nSPS) is 22.2. The highest BCUT2D eigenvalue weighted by Crippen LogP contribution is 2.35. The highest BCUT2D eigenvalue weighted by molar-refractivity contribution is 9.08. The van der Waals surface area contributed by atoms with Gasteiger partial charge in [0.1, 0.15) is 6.10 Å². The zero-order chi connectivity index (χ0) is 20.8. The largest absolute Gasteiger partial charge is 0.458 e. The monoisotopic (exact) mass is 454 g/mol. The molecule has 2 aromatic rings. The van der Waals surface area contributed by atoms with Gasteiger partial charge in [0.05, 0.1) is 5.56 Å². The van der Waals surface area contributed by atoms with Gasteiger partial charge in [-0.25, -0.2) is 4.79 Å². The summed E-state index contributed by atoms with van der Waals surface area (Å²) in [6.45, 7) is 6.72. The summed E-state index contributed by atoms with van der Waals surface area (Å²) in [5, 5.41) is 0.867. The predicted octanol–water partition coefficient (Wildman–Crippen LogP) is 7.37. The molecular formula is C26H31BrO2. The number of esters is 1. The van der Waals surface area contributed by atoms with Crippen LogP contribution in [0.25, 0.3) is 12.2 Å². The van der Waals surface area contributed by atoms with Crippen molar-refractivity contribution in [3.63, 3.8) is 0 Å². The van der Waals surface area contributed by atoms with Gasteiger partial charge >= 0.3 is 5.97 Å². The Morgan fingerprint density at radius 1 is 1.03 bits per heavy atom. The molecule has 3 rings (SSSR count). The van der Waals surface area contributed by atoms with E-state index in [1.54, 1.807) is 0 Å². The zero-order valence-electron chi connectivity index (χ0n) is 17.6. The van der Waals surface area contributed by atoms with E-state index < -0.39 is 0 Å². The van der Waals surface area contributed by atoms with Crippen molar-refractivity contribution in [2.75, 3.05) is 0 Å². The van der Waals surface area contributed by atoms with Crippen LogP contribution >= 0.6 is 15.9 Å². The van der Waals surface area contributed by atoms with Crippen LogP contribution in [0.3, 0.4) is 0 Å². The van der Waals surface area contributed by atoms with Crippen LogP contribution in [0.1, 0.15) is 67.1 Å². The maximum absolute atomic E-state index is 12.7. The summed E-state index contributed by atoms with van der Waals surface area (Å²) in [4.78, 5) is 12.7. The van der Waals surface area contributed by atoms with E-state index in [1.807, 2.05) is 24.3 Å². The van der Waals surface area contributed by atoms with Crippen LogP contribution in [0.5, 0.6) is 0 Å². The molecule has 3 heteroatoms. The second-order valence-corrected chi connectivity index (χ2v) is 9.16. The summed E-state index contributed by atoms with van der Waals surface area (Å²) in [5.74, 6) is 1.43. The topological polar surface area (TPSA) is 26.3 Å². The van der Waals surface area contributed by atoms with Crippen LogP contribution in [-0.2, 0) is 10.1 Å². The third-order valence-electron chi connectivity index (χ3n) is 5.97. The third kappa shape index (κ3) is 6.05. The van der Waals surface area contributed by atoms with Gasteiger partial charge < -0.3 is 4.74 Å². The van der Waals surface area contributed by atoms with Gasteiger partial charge in [-0.1, -0.05) is 91.7 Å². The lowest BCUT2D eigenvalue weighted by atomic mass is 9.75. The van der Waals surface area contributed by atoms with E-state index in [1.165, 1.54) is 12.0 Å². The minimum absolute atomic E-state index is 0.0355. The Labute approximate surface area is 183 Å². The Bertz CT molecular complexity index is 821. The Balaban J connectivity index is 1.62. The number of benzene rings is 2. The first-order valence-corrected chi connectivity index (χ1v) is 11.7. The highest BCUT2D eigenvalue weighted by atomic mass is 79.9. The maximum atomic E-state index is 12.7. The van der Waals surface area contributed by atoms with E-state index in [9.17, 15) is 4.79 Å². The number of hydrogen-bond donors (Lipinski definition) is 0. The van der Waals surface area contributed by atoms with Gasteiger partial charge in [-0.05, 0) is 59.4 Å². The van der Waals surface area contributed by atoms with Gasteiger partial charge in [0, 0.05) is 5.33 Å². The van der Waals surface area contributed by atoms with E-state index in [2.05, 4.69) is 73.1 Å². The van der Waals surface area contributed by atoms with Gasteiger partial charge in [0.2, 0.25) is 0 Å². The molecule has 2 aromatic carbocycles. The van der Waals surface area contributed by atoms with Crippen molar-refractivity contribution in [2.24, 2.45) is 17.8 Å². The molecule has 2 nitrogen and oxygen atoms in total. The Hall–Kier alpha value is -1.87. The molecule has 3 atom stereocenters. The van der Waals surface area contributed by atoms with Crippen molar-refractivity contribution in [3.8, 4) is 0 Å². The molecule has 0 amide bonds. The van der Waals surface area contributed by atoms with Gasteiger partial charge in [-0.2, -0.15) is 0 Å². The van der Waals surface area contributed by atoms with Crippen LogP contribution in [0.15, 0.2) is 48.5 Å². The van der Waals surface area contributed by atoms with Gasteiger partial charge in [-0.15, -0.1) is 0 Å². The lowest BCUT2D eigenvalue weighted by Gasteiger charge is -2.36. The minimum Gasteiger partial charge on any atom is -0.458 e. The molecule has 0 saturated heterocycles. The molecule has 0 aliphatic heterocycles. The van der Waals surface area contributed by atoms with Crippen molar-refractivity contribution in [3.05, 3.63) is 70.8 Å². The molecule has 0 N–H and O–H groups in total. The molecule has 154 valence electrons.